The van der Waals surface area contributed by atoms with Gasteiger partial charge in [0.2, 0.25) is 11.8 Å². The SMILES string of the molecule is COc1ccc(CCn2c(CC(=O)Nc3ccc(OC)cn3)c(O)n(-c3ccc(C(=O)N4CCOCC4)cc3)c2=S)cc1. The summed E-state index contributed by atoms with van der Waals surface area (Å²) in [7, 11) is 3.15. The highest BCUT2D eigenvalue weighted by atomic mass is 32.1. The Bertz CT molecular complexity index is 1630. The summed E-state index contributed by atoms with van der Waals surface area (Å²) in [5, 5.41) is 14.2. The van der Waals surface area contributed by atoms with Gasteiger partial charge in [0.05, 0.1) is 51.4 Å². The van der Waals surface area contributed by atoms with Gasteiger partial charge in [0.15, 0.2) is 4.77 Å². The number of methoxy groups -OCH3 is 2. The van der Waals surface area contributed by atoms with Crippen LogP contribution in [0.5, 0.6) is 17.4 Å². The highest BCUT2D eigenvalue weighted by molar-refractivity contribution is 7.71. The molecule has 1 fully saturated rings. The van der Waals surface area contributed by atoms with Gasteiger partial charge < -0.3 is 34.1 Å². The minimum Gasteiger partial charge on any atom is -0.497 e. The molecule has 3 heterocycles. The van der Waals surface area contributed by atoms with Crippen LogP contribution in [0, 0.1) is 4.77 Å². The Hall–Kier alpha value is -4.68. The minimum atomic E-state index is -0.371. The molecule has 0 saturated carbocycles. The van der Waals surface area contributed by atoms with Crippen molar-refractivity contribution >= 4 is 29.9 Å². The van der Waals surface area contributed by atoms with E-state index < -0.39 is 0 Å². The zero-order chi connectivity index (χ0) is 30.3. The van der Waals surface area contributed by atoms with Gasteiger partial charge in [-0.3, -0.25) is 14.2 Å². The number of pyridine rings is 1. The fourth-order valence-electron chi connectivity index (χ4n) is 4.86. The van der Waals surface area contributed by atoms with Crippen LogP contribution in [0.4, 0.5) is 5.82 Å². The number of carbonyl (C=O) groups is 2. The highest BCUT2D eigenvalue weighted by Crippen LogP contribution is 2.28. The molecule has 2 aromatic carbocycles. The number of aromatic hydroxyl groups is 1. The lowest BCUT2D eigenvalue weighted by atomic mass is 10.1. The number of hydrogen-bond acceptors (Lipinski definition) is 8. The number of nitrogens with zero attached hydrogens (tertiary/aromatic N) is 4. The fourth-order valence-corrected chi connectivity index (χ4v) is 5.26. The van der Waals surface area contributed by atoms with Gasteiger partial charge in [0.1, 0.15) is 17.3 Å². The van der Waals surface area contributed by atoms with E-state index in [0.717, 1.165) is 11.3 Å². The summed E-state index contributed by atoms with van der Waals surface area (Å²) in [4.78, 5) is 32.0. The van der Waals surface area contributed by atoms with Crippen LogP contribution in [0.15, 0.2) is 66.9 Å². The second-order valence-electron chi connectivity index (χ2n) is 9.90. The van der Waals surface area contributed by atoms with Gasteiger partial charge >= 0.3 is 0 Å². The van der Waals surface area contributed by atoms with Crippen LogP contribution in [-0.4, -0.2) is 76.5 Å². The van der Waals surface area contributed by atoms with Crippen molar-refractivity contribution in [3.63, 3.8) is 0 Å². The Morgan fingerprint density at radius 2 is 1.65 bits per heavy atom. The maximum absolute atomic E-state index is 13.1. The van der Waals surface area contributed by atoms with E-state index in [1.807, 2.05) is 24.3 Å². The summed E-state index contributed by atoms with van der Waals surface area (Å²) in [5.74, 6) is 1.08. The number of carbonyl (C=O) groups excluding carboxylic acids is 2. The Labute approximate surface area is 254 Å². The molecular weight excluding hydrogens is 570 g/mol. The first-order valence-electron chi connectivity index (χ1n) is 13.8. The van der Waals surface area contributed by atoms with Crippen LogP contribution in [0.3, 0.4) is 0 Å². The van der Waals surface area contributed by atoms with Crippen molar-refractivity contribution in [2.24, 2.45) is 0 Å². The summed E-state index contributed by atoms with van der Waals surface area (Å²) in [6.45, 7) is 2.54. The Kier molecular flexibility index (Phi) is 9.38. The quantitative estimate of drug-likeness (QED) is 0.261. The van der Waals surface area contributed by atoms with E-state index >= 15 is 0 Å². The number of amides is 2. The van der Waals surface area contributed by atoms with E-state index in [9.17, 15) is 14.7 Å². The second kappa shape index (κ2) is 13.5. The van der Waals surface area contributed by atoms with Gasteiger partial charge in [-0.05, 0) is 72.7 Å². The predicted octanol–water partition coefficient (Wildman–Crippen LogP) is 4.02. The molecule has 0 aliphatic carbocycles. The summed E-state index contributed by atoms with van der Waals surface area (Å²) in [6.07, 6.45) is 1.96. The minimum absolute atomic E-state index is 0.0794. The van der Waals surface area contributed by atoms with E-state index in [2.05, 4.69) is 10.3 Å². The number of nitrogens with one attached hydrogen (secondary N) is 1. The molecule has 5 rings (SSSR count). The standard InChI is InChI=1S/C31H33N5O6S/c1-40-24-9-3-21(4-10-24)13-14-35-26(19-28(37)33-27-12-11-25(41-2)20-32-27)30(39)36(31(35)43)23-7-5-22(6-8-23)29(38)34-15-17-42-18-16-34/h3-12,20,39H,13-19H2,1-2H3,(H,32,33,37). The number of benzene rings is 2. The van der Waals surface area contributed by atoms with Gasteiger partial charge in [-0.15, -0.1) is 0 Å². The van der Waals surface area contributed by atoms with Gasteiger partial charge in [0.25, 0.3) is 5.91 Å². The third kappa shape index (κ3) is 6.87. The molecule has 12 heteroatoms. The monoisotopic (exact) mass is 603 g/mol. The first-order valence-corrected chi connectivity index (χ1v) is 14.2. The molecule has 0 radical (unpaired) electrons. The summed E-state index contributed by atoms with van der Waals surface area (Å²) in [5.41, 5.74) is 2.50. The summed E-state index contributed by atoms with van der Waals surface area (Å²) < 4.78 is 19.3. The van der Waals surface area contributed by atoms with Crippen molar-refractivity contribution in [1.82, 2.24) is 19.0 Å². The van der Waals surface area contributed by atoms with E-state index in [0.29, 0.717) is 72.6 Å². The number of morpholine rings is 1. The fraction of sp³-hybridized carbons (Fsp3) is 0.290. The number of anilines is 1. The van der Waals surface area contributed by atoms with E-state index in [-0.39, 0.29) is 24.1 Å². The molecule has 2 amide bonds. The smallest absolute Gasteiger partial charge is 0.254 e. The maximum atomic E-state index is 13.1. The van der Waals surface area contributed by atoms with Gasteiger partial charge in [-0.25, -0.2) is 4.98 Å². The predicted molar refractivity (Wildman–Crippen MR) is 163 cm³/mol. The highest BCUT2D eigenvalue weighted by Gasteiger charge is 2.23. The third-order valence-electron chi connectivity index (χ3n) is 7.24. The molecule has 1 aliphatic heterocycles. The van der Waals surface area contributed by atoms with Crippen molar-refractivity contribution in [2.45, 2.75) is 19.4 Å². The number of imidazole rings is 1. The molecule has 43 heavy (non-hydrogen) atoms. The Morgan fingerprint density at radius 1 is 0.977 bits per heavy atom. The Morgan fingerprint density at radius 3 is 2.28 bits per heavy atom. The average Bonchev–Trinajstić information content (AvgIpc) is 3.28. The topological polar surface area (TPSA) is 120 Å². The number of hydrogen-bond donors (Lipinski definition) is 2. The second-order valence-corrected chi connectivity index (χ2v) is 10.3. The molecule has 2 aromatic heterocycles. The van der Waals surface area contributed by atoms with E-state index in [4.69, 9.17) is 26.4 Å². The number of rotatable bonds is 10. The van der Waals surface area contributed by atoms with Gasteiger partial charge in [-0.1, -0.05) is 12.1 Å². The molecular formula is C31H33N5O6S. The van der Waals surface area contributed by atoms with Crippen LogP contribution in [0.2, 0.25) is 0 Å². The first kappa shape index (κ1) is 29.8. The molecule has 1 saturated heterocycles. The summed E-state index contributed by atoms with van der Waals surface area (Å²) >= 11 is 5.83. The molecule has 0 spiro atoms. The number of ether oxygens (including phenoxy) is 3. The molecule has 1 aliphatic rings. The van der Waals surface area contributed by atoms with Crippen LogP contribution in [0.1, 0.15) is 21.6 Å². The lowest BCUT2D eigenvalue weighted by Gasteiger charge is -2.26. The molecule has 2 N–H and O–H groups in total. The molecule has 0 unspecified atom stereocenters. The van der Waals surface area contributed by atoms with E-state index in [1.165, 1.54) is 17.9 Å². The van der Waals surface area contributed by atoms with Gasteiger partial charge in [0, 0.05) is 25.2 Å². The third-order valence-corrected chi connectivity index (χ3v) is 7.64. The summed E-state index contributed by atoms with van der Waals surface area (Å²) in [6, 6.07) is 17.9. The largest absolute Gasteiger partial charge is 0.497 e. The molecule has 0 bridgehead atoms. The van der Waals surface area contributed by atoms with Crippen molar-refractivity contribution in [3.8, 4) is 23.1 Å². The van der Waals surface area contributed by atoms with Crippen LogP contribution in [0.25, 0.3) is 5.69 Å². The Balaban J connectivity index is 1.42. The zero-order valence-electron chi connectivity index (χ0n) is 24.0. The number of aromatic nitrogens is 3. The molecule has 224 valence electrons. The molecule has 0 atom stereocenters. The van der Waals surface area contributed by atoms with Crippen molar-refractivity contribution < 1.29 is 28.9 Å². The first-order chi connectivity index (χ1) is 20.9. The average molecular weight is 604 g/mol. The maximum Gasteiger partial charge on any atom is 0.254 e. The normalized spacial score (nSPS) is 13.0. The van der Waals surface area contributed by atoms with Gasteiger partial charge in [-0.2, -0.15) is 0 Å². The van der Waals surface area contributed by atoms with Crippen LogP contribution in [-0.2, 0) is 28.9 Å². The van der Waals surface area contributed by atoms with E-state index in [1.54, 1.807) is 53.0 Å². The van der Waals surface area contributed by atoms with Crippen LogP contribution < -0.4 is 14.8 Å². The zero-order valence-corrected chi connectivity index (χ0v) is 24.8. The lowest BCUT2D eigenvalue weighted by molar-refractivity contribution is -0.115. The lowest BCUT2D eigenvalue weighted by Crippen LogP contribution is -2.40. The van der Waals surface area contributed by atoms with Crippen molar-refractivity contribution in [3.05, 3.63) is 88.5 Å². The molecule has 4 aromatic rings. The van der Waals surface area contributed by atoms with Crippen molar-refractivity contribution in [2.75, 3.05) is 45.8 Å². The van der Waals surface area contributed by atoms with Crippen molar-refractivity contribution in [1.29, 1.82) is 0 Å². The molecule has 11 nitrogen and oxygen atoms in total. The number of aryl methyl sites for hydroxylation is 1. The van der Waals surface area contributed by atoms with Crippen LogP contribution >= 0.6 is 12.2 Å².